The zero-order chi connectivity index (χ0) is 17.0. The Bertz CT molecular complexity index is 581. The molecule has 0 saturated carbocycles. The van der Waals surface area contributed by atoms with Crippen LogP contribution in [0.15, 0.2) is 24.3 Å². The van der Waals surface area contributed by atoms with Crippen molar-refractivity contribution >= 4 is 17.5 Å². The monoisotopic (exact) mass is 319 g/mol. The third kappa shape index (κ3) is 5.04. The summed E-state index contributed by atoms with van der Waals surface area (Å²) in [5.41, 5.74) is 0.796. The molecule has 2 rings (SSSR count). The van der Waals surface area contributed by atoms with Crippen LogP contribution in [-0.2, 0) is 9.53 Å². The van der Waals surface area contributed by atoms with Gasteiger partial charge in [-0.3, -0.25) is 9.59 Å². The second-order valence-electron chi connectivity index (χ2n) is 6.78. The summed E-state index contributed by atoms with van der Waals surface area (Å²) < 4.78 is 5.48. The highest BCUT2D eigenvalue weighted by Gasteiger charge is 2.28. The van der Waals surface area contributed by atoms with Gasteiger partial charge < -0.3 is 20.7 Å². The minimum atomic E-state index is -0.393. The first-order valence-corrected chi connectivity index (χ1v) is 7.85. The molecule has 1 aromatic carbocycles. The Labute approximate surface area is 137 Å². The standard InChI is InChI=1S/C17H25N3O3/c1-11-14(18-8-9-23-11)16(22)19-13-7-5-6-12(10-13)15(21)20-17(2,3)4/h5-7,10-11,14,18H,8-9H2,1-4H3,(H,19,22)(H,20,21)/t11-,14+/m1/s1. The van der Waals surface area contributed by atoms with Crippen molar-refractivity contribution in [2.24, 2.45) is 0 Å². The first kappa shape index (κ1) is 17.4. The van der Waals surface area contributed by atoms with Gasteiger partial charge in [0, 0.05) is 23.3 Å². The number of rotatable bonds is 3. The van der Waals surface area contributed by atoms with Gasteiger partial charge in [-0.2, -0.15) is 0 Å². The summed E-state index contributed by atoms with van der Waals surface area (Å²) in [5.74, 6) is -0.327. The predicted molar refractivity (Wildman–Crippen MR) is 89.5 cm³/mol. The first-order chi connectivity index (χ1) is 10.8. The van der Waals surface area contributed by atoms with E-state index in [1.807, 2.05) is 27.7 Å². The number of ether oxygens (including phenoxy) is 1. The number of nitrogens with one attached hydrogen (secondary N) is 3. The van der Waals surface area contributed by atoms with Gasteiger partial charge >= 0.3 is 0 Å². The third-order valence-electron chi connectivity index (χ3n) is 3.48. The second-order valence-corrected chi connectivity index (χ2v) is 6.78. The van der Waals surface area contributed by atoms with Crippen LogP contribution >= 0.6 is 0 Å². The fourth-order valence-electron chi connectivity index (χ4n) is 2.40. The van der Waals surface area contributed by atoms with Crippen LogP contribution in [0.1, 0.15) is 38.1 Å². The lowest BCUT2D eigenvalue weighted by atomic mass is 10.1. The highest BCUT2D eigenvalue weighted by atomic mass is 16.5. The molecule has 1 aliphatic heterocycles. The fourth-order valence-corrected chi connectivity index (χ4v) is 2.40. The fraction of sp³-hybridized carbons (Fsp3) is 0.529. The Balaban J connectivity index is 2.05. The molecule has 0 spiro atoms. The number of carbonyl (C=O) groups excluding carboxylic acids is 2. The zero-order valence-corrected chi connectivity index (χ0v) is 14.1. The number of morpholine rings is 1. The van der Waals surface area contributed by atoms with Crippen molar-refractivity contribution in [1.82, 2.24) is 10.6 Å². The molecule has 3 N–H and O–H groups in total. The molecule has 126 valence electrons. The molecule has 0 aromatic heterocycles. The van der Waals surface area contributed by atoms with Crippen molar-refractivity contribution < 1.29 is 14.3 Å². The van der Waals surface area contributed by atoms with Gasteiger partial charge in [0.15, 0.2) is 0 Å². The maximum absolute atomic E-state index is 12.3. The Morgan fingerprint density at radius 2 is 2.04 bits per heavy atom. The van der Waals surface area contributed by atoms with Gasteiger partial charge in [0.05, 0.1) is 12.7 Å². The highest BCUT2D eigenvalue weighted by Crippen LogP contribution is 2.14. The Morgan fingerprint density at radius 1 is 1.30 bits per heavy atom. The van der Waals surface area contributed by atoms with Gasteiger partial charge in [-0.05, 0) is 45.9 Å². The van der Waals surface area contributed by atoms with E-state index >= 15 is 0 Å². The zero-order valence-electron chi connectivity index (χ0n) is 14.1. The van der Waals surface area contributed by atoms with Gasteiger partial charge in [-0.25, -0.2) is 0 Å². The van der Waals surface area contributed by atoms with Crippen molar-refractivity contribution in [3.63, 3.8) is 0 Å². The molecule has 0 unspecified atom stereocenters. The molecule has 2 atom stereocenters. The summed E-state index contributed by atoms with van der Waals surface area (Å²) in [4.78, 5) is 24.5. The van der Waals surface area contributed by atoms with Gasteiger partial charge in [-0.1, -0.05) is 6.07 Å². The topological polar surface area (TPSA) is 79.5 Å². The number of amides is 2. The summed E-state index contributed by atoms with van der Waals surface area (Å²) >= 11 is 0. The largest absolute Gasteiger partial charge is 0.375 e. The van der Waals surface area contributed by atoms with Crippen molar-refractivity contribution in [1.29, 1.82) is 0 Å². The Kier molecular flexibility index (Phi) is 5.38. The molecular weight excluding hydrogens is 294 g/mol. The van der Waals surface area contributed by atoms with E-state index in [2.05, 4.69) is 16.0 Å². The van der Waals surface area contributed by atoms with E-state index in [9.17, 15) is 9.59 Å². The molecule has 0 radical (unpaired) electrons. The summed E-state index contributed by atoms with van der Waals surface area (Å²) in [5, 5.41) is 8.88. The van der Waals surface area contributed by atoms with E-state index in [0.29, 0.717) is 24.4 Å². The van der Waals surface area contributed by atoms with Crippen LogP contribution in [0.3, 0.4) is 0 Å². The van der Waals surface area contributed by atoms with Crippen LogP contribution in [-0.4, -0.2) is 42.7 Å². The molecule has 1 heterocycles. The smallest absolute Gasteiger partial charge is 0.251 e. The molecule has 6 heteroatoms. The lowest BCUT2D eigenvalue weighted by molar-refractivity contribution is -0.123. The minimum absolute atomic E-state index is 0.162. The van der Waals surface area contributed by atoms with Crippen molar-refractivity contribution in [3.05, 3.63) is 29.8 Å². The summed E-state index contributed by atoms with van der Waals surface area (Å²) in [6, 6.07) is 6.52. The lowest BCUT2D eigenvalue weighted by Gasteiger charge is -2.29. The van der Waals surface area contributed by atoms with Crippen LogP contribution in [0, 0.1) is 0 Å². The van der Waals surface area contributed by atoms with Gasteiger partial charge in [0.1, 0.15) is 6.04 Å². The first-order valence-electron chi connectivity index (χ1n) is 7.85. The van der Waals surface area contributed by atoms with E-state index in [0.717, 1.165) is 0 Å². The Morgan fingerprint density at radius 3 is 2.70 bits per heavy atom. The van der Waals surface area contributed by atoms with E-state index in [1.54, 1.807) is 24.3 Å². The van der Waals surface area contributed by atoms with Crippen LogP contribution in [0.5, 0.6) is 0 Å². The average Bonchev–Trinajstić information content (AvgIpc) is 2.46. The van der Waals surface area contributed by atoms with E-state index in [-0.39, 0.29) is 23.5 Å². The molecule has 1 aromatic rings. The molecule has 1 aliphatic rings. The summed E-state index contributed by atoms with van der Waals surface area (Å²) in [6.45, 7) is 8.89. The second kappa shape index (κ2) is 7.10. The summed E-state index contributed by atoms with van der Waals surface area (Å²) in [7, 11) is 0. The molecule has 23 heavy (non-hydrogen) atoms. The SMILES string of the molecule is C[C@H]1OCCN[C@@H]1C(=O)Nc1cccc(C(=O)NC(C)(C)C)c1. The van der Waals surface area contributed by atoms with Gasteiger partial charge in [0.25, 0.3) is 5.91 Å². The van der Waals surface area contributed by atoms with Gasteiger partial charge in [-0.15, -0.1) is 0 Å². The van der Waals surface area contributed by atoms with Gasteiger partial charge in [0.2, 0.25) is 5.91 Å². The van der Waals surface area contributed by atoms with E-state index < -0.39 is 6.04 Å². The van der Waals surface area contributed by atoms with Crippen molar-refractivity contribution in [2.45, 2.75) is 45.4 Å². The van der Waals surface area contributed by atoms with Crippen LogP contribution in [0.25, 0.3) is 0 Å². The maximum atomic E-state index is 12.3. The molecule has 1 fully saturated rings. The third-order valence-corrected chi connectivity index (χ3v) is 3.48. The number of hydrogen-bond donors (Lipinski definition) is 3. The average molecular weight is 319 g/mol. The van der Waals surface area contributed by atoms with Crippen LogP contribution in [0.2, 0.25) is 0 Å². The van der Waals surface area contributed by atoms with Crippen LogP contribution in [0.4, 0.5) is 5.69 Å². The predicted octanol–water partition coefficient (Wildman–Crippen LogP) is 1.53. The number of carbonyl (C=O) groups is 2. The minimum Gasteiger partial charge on any atom is -0.375 e. The number of benzene rings is 1. The van der Waals surface area contributed by atoms with Crippen molar-refractivity contribution in [3.8, 4) is 0 Å². The van der Waals surface area contributed by atoms with E-state index in [4.69, 9.17) is 4.74 Å². The molecule has 2 amide bonds. The maximum Gasteiger partial charge on any atom is 0.251 e. The molecular formula is C17H25N3O3. The molecule has 1 saturated heterocycles. The van der Waals surface area contributed by atoms with Crippen molar-refractivity contribution in [2.75, 3.05) is 18.5 Å². The normalized spacial score (nSPS) is 21.6. The number of hydrogen-bond acceptors (Lipinski definition) is 4. The molecule has 6 nitrogen and oxygen atoms in total. The molecule has 0 aliphatic carbocycles. The highest BCUT2D eigenvalue weighted by molar-refractivity contribution is 5.99. The van der Waals surface area contributed by atoms with Crippen LogP contribution < -0.4 is 16.0 Å². The quantitative estimate of drug-likeness (QED) is 0.789. The van der Waals surface area contributed by atoms with E-state index in [1.165, 1.54) is 0 Å². The molecule has 0 bridgehead atoms. The Hall–Kier alpha value is -1.92. The lowest BCUT2D eigenvalue weighted by Crippen LogP contribution is -2.53. The summed E-state index contributed by atoms with van der Waals surface area (Å²) in [6.07, 6.45) is -0.184. The number of anilines is 1.